The van der Waals surface area contributed by atoms with Crippen LogP contribution in [0.1, 0.15) is 42.0 Å². The molecule has 0 aliphatic heterocycles. The molecule has 0 unspecified atom stereocenters. The van der Waals surface area contributed by atoms with Gasteiger partial charge in [0.25, 0.3) is 5.91 Å². The van der Waals surface area contributed by atoms with E-state index >= 15 is 0 Å². The SMILES string of the molecule is CCC[C@H](NC(=O)c1ccoc1)c1nccn1C. The number of aryl methyl sites for hydroxylation is 1. The van der Waals surface area contributed by atoms with Gasteiger partial charge in [0.05, 0.1) is 17.9 Å². The molecule has 2 aromatic heterocycles. The van der Waals surface area contributed by atoms with Crippen LogP contribution in [-0.2, 0) is 7.05 Å². The Kier molecular flexibility index (Phi) is 3.82. The molecule has 1 N–H and O–H groups in total. The fourth-order valence-electron chi connectivity index (χ4n) is 1.90. The molecule has 18 heavy (non-hydrogen) atoms. The molecule has 0 aliphatic rings. The Hall–Kier alpha value is -2.04. The molecular formula is C13H17N3O2. The lowest BCUT2D eigenvalue weighted by Gasteiger charge is -2.17. The van der Waals surface area contributed by atoms with Crippen molar-refractivity contribution in [2.75, 3.05) is 0 Å². The zero-order valence-corrected chi connectivity index (χ0v) is 10.6. The molecule has 0 aromatic carbocycles. The predicted molar refractivity (Wildman–Crippen MR) is 67.0 cm³/mol. The first-order valence-electron chi connectivity index (χ1n) is 6.02. The molecule has 0 saturated heterocycles. The van der Waals surface area contributed by atoms with E-state index in [-0.39, 0.29) is 11.9 Å². The fourth-order valence-corrected chi connectivity index (χ4v) is 1.90. The highest BCUT2D eigenvalue weighted by Crippen LogP contribution is 2.17. The Bertz CT molecular complexity index is 502. The molecule has 0 spiro atoms. The van der Waals surface area contributed by atoms with Crippen molar-refractivity contribution in [3.8, 4) is 0 Å². The normalized spacial score (nSPS) is 12.3. The number of rotatable bonds is 5. The zero-order valence-electron chi connectivity index (χ0n) is 10.6. The lowest BCUT2D eigenvalue weighted by Crippen LogP contribution is -2.30. The van der Waals surface area contributed by atoms with Crippen LogP contribution in [0.4, 0.5) is 0 Å². The summed E-state index contributed by atoms with van der Waals surface area (Å²) in [7, 11) is 1.93. The Balaban J connectivity index is 2.12. The highest BCUT2D eigenvalue weighted by atomic mass is 16.3. The Morgan fingerprint density at radius 3 is 3.00 bits per heavy atom. The molecule has 0 bridgehead atoms. The maximum atomic E-state index is 12.0. The van der Waals surface area contributed by atoms with Crippen LogP contribution in [0.2, 0.25) is 0 Å². The van der Waals surface area contributed by atoms with Crippen LogP contribution in [0, 0.1) is 0 Å². The molecule has 96 valence electrons. The quantitative estimate of drug-likeness (QED) is 0.881. The number of furan rings is 1. The van der Waals surface area contributed by atoms with Crippen molar-refractivity contribution in [1.29, 1.82) is 0 Å². The molecule has 0 aliphatic carbocycles. The van der Waals surface area contributed by atoms with E-state index in [4.69, 9.17) is 4.42 Å². The van der Waals surface area contributed by atoms with E-state index < -0.39 is 0 Å². The molecule has 0 radical (unpaired) electrons. The first kappa shape index (κ1) is 12.4. The van der Waals surface area contributed by atoms with E-state index in [1.54, 1.807) is 12.3 Å². The van der Waals surface area contributed by atoms with E-state index in [9.17, 15) is 4.79 Å². The van der Waals surface area contributed by atoms with Crippen molar-refractivity contribution in [2.24, 2.45) is 7.05 Å². The summed E-state index contributed by atoms with van der Waals surface area (Å²) in [6.45, 7) is 2.08. The maximum Gasteiger partial charge on any atom is 0.255 e. The minimum Gasteiger partial charge on any atom is -0.472 e. The third-order valence-corrected chi connectivity index (χ3v) is 2.84. The van der Waals surface area contributed by atoms with Gasteiger partial charge in [-0.15, -0.1) is 0 Å². The summed E-state index contributed by atoms with van der Waals surface area (Å²) in [6.07, 6.45) is 8.38. The third-order valence-electron chi connectivity index (χ3n) is 2.84. The van der Waals surface area contributed by atoms with Crippen molar-refractivity contribution < 1.29 is 9.21 Å². The summed E-state index contributed by atoms with van der Waals surface area (Å²) in [6, 6.07) is 1.58. The van der Waals surface area contributed by atoms with Gasteiger partial charge in [-0.2, -0.15) is 0 Å². The van der Waals surface area contributed by atoms with Crippen LogP contribution in [0.3, 0.4) is 0 Å². The number of nitrogens with zero attached hydrogens (tertiary/aromatic N) is 2. The van der Waals surface area contributed by atoms with Gasteiger partial charge in [0.1, 0.15) is 12.1 Å². The van der Waals surface area contributed by atoms with Crippen molar-refractivity contribution in [1.82, 2.24) is 14.9 Å². The van der Waals surface area contributed by atoms with Crippen LogP contribution < -0.4 is 5.32 Å². The molecule has 5 nitrogen and oxygen atoms in total. The standard InChI is InChI=1S/C13H17N3O2/c1-3-4-11(12-14-6-7-16(12)2)15-13(17)10-5-8-18-9-10/h5-9,11H,3-4H2,1-2H3,(H,15,17)/t11-/m0/s1. The van der Waals surface area contributed by atoms with Gasteiger partial charge in [0.15, 0.2) is 0 Å². The smallest absolute Gasteiger partial charge is 0.255 e. The number of carbonyl (C=O) groups is 1. The monoisotopic (exact) mass is 247 g/mol. The highest BCUT2D eigenvalue weighted by Gasteiger charge is 2.18. The summed E-state index contributed by atoms with van der Waals surface area (Å²) >= 11 is 0. The van der Waals surface area contributed by atoms with Gasteiger partial charge in [0, 0.05) is 19.4 Å². The maximum absolute atomic E-state index is 12.0. The first-order valence-corrected chi connectivity index (χ1v) is 6.02. The minimum atomic E-state index is -0.134. The molecule has 2 rings (SSSR count). The second-order valence-corrected chi connectivity index (χ2v) is 4.22. The topological polar surface area (TPSA) is 60.1 Å². The molecule has 2 heterocycles. The van der Waals surface area contributed by atoms with Crippen LogP contribution in [-0.4, -0.2) is 15.5 Å². The number of amides is 1. The fraction of sp³-hybridized carbons (Fsp3) is 0.385. The van der Waals surface area contributed by atoms with E-state index in [0.29, 0.717) is 5.56 Å². The van der Waals surface area contributed by atoms with Crippen molar-refractivity contribution >= 4 is 5.91 Å². The molecule has 0 fully saturated rings. The van der Waals surface area contributed by atoms with E-state index in [1.165, 1.54) is 12.5 Å². The van der Waals surface area contributed by atoms with Crippen molar-refractivity contribution in [3.63, 3.8) is 0 Å². The number of nitrogens with one attached hydrogen (secondary N) is 1. The van der Waals surface area contributed by atoms with Gasteiger partial charge in [-0.1, -0.05) is 13.3 Å². The first-order chi connectivity index (χ1) is 8.72. The summed E-state index contributed by atoms with van der Waals surface area (Å²) in [5.74, 6) is 0.735. The lowest BCUT2D eigenvalue weighted by atomic mass is 10.1. The second-order valence-electron chi connectivity index (χ2n) is 4.22. The summed E-state index contributed by atoms with van der Waals surface area (Å²) in [5.41, 5.74) is 0.533. The van der Waals surface area contributed by atoms with E-state index in [0.717, 1.165) is 18.7 Å². The molecule has 0 saturated carbocycles. The van der Waals surface area contributed by atoms with Gasteiger partial charge in [-0.05, 0) is 12.5 Å². The summed E-state index contributed by atoms with van der Waals surface area (Å²) in [5, 5.41) is 2.98. The van der Waals surface area contributed by atoms with Gasteiger partial charge in [-0.3, -0.25) is 4.79 Å². The molecule has 2 aromatic rings. The average Bonchev–Trinajstić information content (AvgIpc) is 2.99. The number of carbonyl (C=O) groups excluding carboxylic acids is 1. The minimum absolute atomic E-state index is 0.0719. The largest absolute Gasteiger partial charge is 0.472 e. The van der Waals surface area contributed by atoms with Gasteiger partial charge >= 0.3 is 0 Å². The van der Waals surface area contributed by atoms with E-state index in [2.05, 4.69) is 17.2 Å². The Morgan fingerprint density at radius 2 is 2.44 bits per heavy atom. The highest BCUT2D eigenvalue weighted by molar-refractivity contribution is 5.93. The molecule has 1 atom stereocenters. The van der Waals surface area contributed by atoms with Crippen molar-refractivity contribution in [3.05, 3.63) is 42.4 Å². The van der Waals surface area contributed by atoms with Crippen LogP contribution >= 0.6 is 0 Å². The average molecular weight is 247 g/mol. The third kappa shape index (κ3) is 2.61. The van der Waals surface area contributed by atoms with Gasteiger partial charge in [0.2, 0.25) is 0 Å². The second kappa shape index (κ2) is 5.53. The Labute approximate surface area is 106 Å². The predicted octanol–water partition coefficient (Wildman–Crippen LogP) is 2.28. The van der Waals surface area contributed by atoms with E-state index in [1.807, 2.05) is 17.8 Å². The molecule has 1 amide bonds. The number of aromatic nitrogens is 2. The van der Waals surface area contributed by atoms with Gasteiger partial charge in [-0.25, -0.2) is 4.98 Å². The van der Waals surface area contributed by atoms with Crippen LogP contribution in [0.25, 0.3) is 0 Å². The summed E-state index contributed by atoms with van der Waals surface area (Å²) < 4.78 is 6.84. The molecular weight excluding hydrogens is 230 g/mol. The lowest BCUT2D eigenvalue weighted by molar-refractivity contribution is 0.0931. The van der Waals surface area contributed by atoms with Gasteiger partial charge < -0.3 is 14.3 Å². The molecule has 5 heteroatoms. The van der Waals surface area contributed by atoms with Crippen molar-refractivity contribution in [2.45, 2.75) is 25.8 Å². The number of hydrogen-bond donors (Lipinski definition) is 1. The summed E-state index contributed by atoms with van der Waals surface area (Å²) in [4.78, 5) is 16.3. The zero-order chi connectivity index (χ0) is 13.0. The Morgan fingerprint density at radius 1 is 1.61 bits per heavy atom. The number of imidazole rings is 1. The van der Waals surface area contributed by atoms with Crippen LogP contribution in [0.15, 0.2) is 35.4 Å². The van der Waals surface area contributed by atoms with Crippen LogP contribution in [0.5, 0.6) is 0 Å². The number of hydrogen-bond acceptors (Lipinski definition) is 3.